The Bertz CT molecular complexity index is 106. The van der Waals surface area contributed by atoms with E-state index in [1.165, 1.54) is 19.3 Å². The predicted octanol–water partition coefficient (Wildman–Crippen LogP) is 0.385. The molecule has 0 aromatic rings. The van der Waals surface area contributed by atoms with Crippen molar-refractivity contribution < 1.29 is 31.0 Å². The van der Waals surface area contributed by atoms with Crippen LogP contribution in [0.3, 0.4) is 0 Å². The molecule has 0 nitrogen and oxygen atoms in total. The van der Waals surface area contributed by atoms with E-state index in [2.05, 4.69) is 20.0 Å². The third kappa shape index (κ3) is 2.69. The topological polar surface area (TPSA) is 0 Å². The molecule has 0 aromatic carbocycles. The maximum atomic E-state index is 2.54. The molecule has 10 heavy (non-hydrogen) atoms. The molecule has 1 heterocycles. The summed E-state index contributed by atoms with van der Waals surface area (Å²) in [5, 5.41) is 0. The maximum Gasteiger partial charge on any atom is 1.00 e. The Labute approximate surface area is 89.6 Å². The molecule has 1 unspecified atom stereocenters. The molecule has 1 saturated heterocycles. The monoisotopic (exact) mass is 166 g/mol. The van der Waals surface area contributed by atoms with E-state index >= 15 is 0 Å². The van der Waals surface area contributed by atoms with E-state index in [0.717, 1.165) is 5.54 Å². The van der Waals surface area contributed by atoms with Crippen LogP contribution in [0, 0.1) is 0 Å². The third-order valence-electron chi connectivity index (χ3n) is 3.04. The predicted molar refractivity (Wildman–Crippen MR) is 46.7 cm³/mol. The van der Waals surface area contributed by atoms with Crippen LogP contribution >= 0.6 is 0 Å². The van der Waals surface area contributed by atoms with Crippen LogP contribution in [-0.4, -0.2) is 8.07 Å². The first-order valence-electron chi connectivity index (χ1n) is 4.13. The Morgan fingerprint density at radius 2 is 1.90 bits per heavy atom. The second-order valence-corrected chi connectivity index (χ2v) is 9.60. The minimum absolute atomic E-state index is 0. The summed E-state index contributed by atoms with van der Waals surface area (Å²) < 4.78 is 0. The van der Waals surface area contributed by atoms with Gasteiger partial charge in [0, 0.05) is 0 Å². The van der Waals surface area contributed by atoms with Gasteiger partial charge in [0.15, 0.2) is 0 Å². The van der Waals surface area contributed by atoms with E-state index in [4.69, 9.17) is 0 Å². The van der Waals surface area contributed by atoms with E-state index in [-0.39, 0.29) is 31.0 Å². The largest absolute Gasteiger partial charge is 1.00 e. The van der Waals surface area contributed by atoms with Gasteiger partial charge in [-0.2, -0.15) is 0 Å². The van der Waals surface area contributed by atoms with Gasteiger partial charge < -0.3 is 1.43 Å². The molecule has 0 aromatic heterocycles. The standard InChI is InChI=1S/C8H18Si.Na.H/c1-8-6-4-5-7-9(8,2)3;;/h8H,4-7H2,1-3H3;;/q;+1;-1. The Morgan fingerprint density at radius 3 is 2.20 bits per heavy atom. The van der Waals surface area contributed by atoms with Crippen molar-refractivity contribution in [3.8, 4) is 0 Å². The molecule has 1 atom stereocenters. The molecule has 0 radical (unpaired) electrons. The van der Waals surface area contributed by atoms with Crippen LogP contribution in [0.5, 0.6) is 0 Å². The molecule has 1 aliphatic rings. The van der Waals surface area contributed by atoms with Gasteiger partial charge in [-0.05, 0) is 5.54 Å². The number of hydrogen-bond acceptors (Lipinski definition) is 0. The fourth-order valence-corrected chi connectivity index (χ4v) is 4.31. The van der Waals surface area contributed by atoms with E-state index in [1.807, 2.05) is 0 Å². The van der Waals surface area contributed by atoms with Crippen molar-refractivity contribution in [3.05, 3.63) is 0 Å². The summed E-state index contributed by atoms with van der Waals surface area (Å²) in [5.74, 6) is 0. The molecule has 0 bridgehead atoms. The molecule has 2 heteroatoms. The van der Waals surface area contributed by atoms with Gasteiger partial charge in [-0.1, -0.05) is 45.3 Å². The molecule has 0 saturated carbocycles. The zero-order valence-electron chi connectivity index (χ0n) is 8.91. The molecule has 1 rings (SSSR count). The zero-order valence-corrected chi connectivity index (χ0v) is 10.9. The van der Waals surface area contributed by atoms with Crippen molar-refractivity contribution in [2.45, 2.75) is 50.9 Å². The molecule has 1 fully saturated rings. The zero-order chi connectivity index (χ0) is 6.91. The first kappa shape index (κ1) is 11.2. The summed E-state index contributed by atoms with van der Waals surface area (Å²) in [6.45, 7) is 7.53. The Morgan fingerprint density at radius 1 is 1.30 bits per heavy atom. The van der Waals surface area contributed by atoms with Crippen molar-refractivity contribution in [2.24, 2.45) is 0 Å². The fourth-order valence-electron chi connectivity index (χ4n) is 1.67. The molecule has 0 aliphatic carbocycles. The SMILES string of the molecule is CC1CCCC[Si]1(C)C.[H-].[Na+]. The van der Waals surface area contributed by atoms with Gasteiger partial charge in [0.05, 0.1) is 8.07 Å². The van der Waals surface area contributed by atoms with Crippen LogP contribution in [-0.2, 0) is 0 Å². The molecule has 0 spiro atoms. The molecule has 0 N–H and O–H groups in total. The van der Waals surface area contributed by atoms with Gasteiger partial charge in [0.2, 0.25) is 0 Å². The van der Waals surface area contributed by atoms with Gasteiger partial charge in [-0.15, -0.1) is 0 Å². The van der Waals surface area contributed by atoms with Gasteiger partial charge in [-0.3, -0.25) is 0 Å². The van der Waals surface area contributed by atoms with E-state index in [0.29, 0.717) is 0 Å². The van der Waals surface area contributed by atoms with Crippen molar-refractivity contribution in [1.82, 2.24) is 0 Å². The summed E-state index contributed by atoms with van der Waals surface area (Å²) in [5.41, 5.74) is 1.09. The summed E-state index contributed by atoms with van der Waals surface area (Å²) in [4.78, 5) is 0. The van der Waals surface area contributed by atoms with Crippen molar-refractivity contribution in [1.29, 1.82) is 0 Å². The third-order valence-corrected chi connectivity index (χ3v) is 7.64. The van der Waals surface area contributed by atoms with Crippen LogP contribution in [0.1, 0.15) is 27.6 Å². The molecule has 0 amide bonds. The van der Waals surface area contributed by atoms with Crippen LogP contribution in [0.2, 0.25) is 24.7 Å². The van der Waals surface area contributed by atoms with Crippen molar-refractivity contribution >= 4 is 8.07 Å². The second-order valence-electron chi connectivity index (χ2n) is 4.14. The van der Waals surface area contributed by atoms with E-state index < -0.39 is 8.07 Å². The number of rotatable bonds is 0. The Hall–Kier alpha value is 1.22. The van der Waals surface area contributed by atoms with E-state index in [9.17, 15) is 0 Å². The van der Waals surface area contributed by atoms with Gasteiger partial charge in [0.1, 0.15) is 0 Å². The summed E-state index contributed by atoms with van der Waals surface area (Å²) in [6, 6.07) is 1.58. The second kappa shape index (κ2) is 4.29. The first-order chi connectivity index (χ1) is 4.13. The van der Waals surface area contributed by atoms with Crippen molar-refractivity contribution in [3.63, 3.8) is 0 Å². The van der Waals surface area contributed by atoms with Gasteiger partial charge in [0.25, 0.3) is 0 Å². The van der Waals surface area contributed by atoms with Crippen molar-refractivity contribution in [2.75, 3.05) is 0 Å². The van der Waals surface area contributed by atoms with Crippen LogP contribution in [0.15, 0.2) is 0 Å². The average molecular weight is 166 g/mol. The van der Waals surface area contributed by atoms with Crippen LogP contribution in [0.25, 0.3) is 0 Å². The summed E-state index contributed by atoms with van der Waals surface area (Å²) in [7, 11) is -0.694. The maximum absolute atomic E-state index is 2.54. The molecular weight excluding hydrogens is 147 g/mol. The fraction of sp³-hybridized carbons (Fsp3) is 1.00. The Kier molecular flexibility index (Phi) is 4.82. The summed E-state index contributed by atoms with van der Waals surface area (Å²) >= 11 is 0. The molecule has 56 valence electrons. The molecule has 1 aliphatic heterocycles. The summed E-state index contributed by atoms with van der Waals surface area (Å²) in [6.07, 6.45) is 4.53. The average Bonchev–Trinajstić information content (AvgIpc) is 1.77. The van der Waals surface area contributed by atoms with E-state index in [1.54, 1.807) is 6.04 Å². The minimum Gasteiger partial charge on any atom is -1.00 e. The van der Waals surface area contributed by atoms with Gasteiger partial charge in [-0.25, -0.2) is 0 Å². The quantitative estimate of drug-likeness (QED) is 0.457. The Balaban J connectivity index is 0. The first-order valence-corrected chi connectivity index (χ1v) is 7.41. The van der Waals surface area contributed by atoms with Crippen LogP contribution < -0.4 is 29.6 Å². The normalized spacial score (nSPS) is 30.9. The smallest absolute Gasteiger partial charge is 1.00 e. The van der Waals surface area contributed by atoms with Gasteiger partial charge >= 0.3 is 29.6 Å². The van der Waals surface area contributed by atoms with Crippen LogP contribution in [0.4, 0.5) is 0 Å². The number of hydrogen-bond donors (Lipinski definition) is 0. The molecular formula is C8H19NaSi. The minimum atomic E-state index is -0.694.